The maximum atomic E-state index is 13.1. The lowest BCUT2D eigenvalue weighted by Gasteiger charge is -2.21. The highest BCUT2D eigenvalue weighted by molar-refractivity contribution is 7.47. The summed E-state index contributed by atoms with van der Waals surface area (Å²) in [5.41, 5.74) is 0. The zero-order chi connectivity index (χ0) is 76.0. The van der Waals surface area contributed by atoms with Crippen LogP contribution in [0, 0.1) is 0 Å². The molecule has 0 aliphatic heterocycles. The molecule has 0 bridgehead atoms. The van der Waals surface area contributed by atoms with E-state index in [4.69, 9.17) is 37.0 Å². The second kappa shape index (κ2) is 76.4. The molecule has 104 heavy (non-hydrogen) atoms. The van der Waals surface area contributed by atoms with E-state index in [1.165, 1.54) is 38.5 Å². The number of esters is 4. The van der Waals surface area contributed by atoms with Gasteiger partial charge in [-0.3, -0.25) is 37.3 Å². The Bertz CT molecular complexity index is 2490. The summed E-state index contributed by atoms with van der Waals surface area (Å²) in [4.78, 5) is 73.1. The highest BCUT2D eigenvalue weighted by Gasteiger charge is 2.30. The van der Waals surface area contributed by atoms with Gasteiger partial charge in [-0.1, -0.05) is 277 Å². The van der Waals surface area contributed by atoms with E-state index in [1.54, 1.807) is 0 Å². The molecule has 0 radical (unpaired) electrons. The lowest BCUT2D eigenvalue weighted by molar-refractivity contribution is -0.161. The average molecular weight is 1500 g/mol. The van der Waals surface area contributed by atoms with Gasteiger partial charge in [0, 0.05) is 25.7 Å². The Morgan fingerprint density at radius 1 is 0.279 bits per heavy atom. The van der Waals surface area contributed by atoms with Gasteiger partial charge in [0.25, 0.3) is 0 Å². The number of aliphatic hydroxyl groups excluding tert-OH is 1. The van der Waals surface area contributed by atoms with Gasteiger partial charge in [-0.2, -0.15) is 0 Å². The van der Waals surface area contributed by atoms with Gasteiger partial charge < -0.3 is 33.8 Å². The van der Waals surface area contributed by atoms with Crippen LogP contribution < -0.4 is 0 Å². The van der Waals surface area contributed by atoms with Crippen LogP contribution in [-0.4, -0.2) is 96.7 Å². The molecule has 17 nitrogen and oxygen atoms in total. The number of aliphatic hydroxyl groups is 1. The van der Waals surface area contributed by atoms with E-state index < -0.39 is 97.5 Å². The zero-order valence-corrected chi connectivity index (χ0v) is 66.9. The van der Waals surface area contributed by atoms with Crippen LogP contribution in [-0.2, 0) is 65.4 Å². The van der Waals surface area contributed by atoms with Gasteiger partial charge in [0.05, 0.1) is 26.4 Å². The fourth-order valence-corrected chi connectivity index (χ4v) is 12.0. The third-order valence-electron chi connectivity index (χ3n) is 16.6. The van der Waals surface area contributed by atoms with Gasteiger partial charge in [0.1, 0.15) is 19.3 Å². The minimum atomic E-state index is -4.99. The second-order valence-corrected chi connectivity index (χ2v) is 29.5. The molecule has 0 rings (SSSR count). The van der Waals surface area contributed by atoms with E-state index in [2.05, 4.69) is 161 Å². The van der Waals surface area contributed by atoms with Crippen molar-refractivity contribution in [3.8, 4) is 0 Å². The van der Waals surface area contributed by atoms with Gasteiger partial charge in [-0.15, -0.1) is 0 Å². The fourth-order valence-electron chi connectivity index (χ4n) is 10.5. The number of allylic oxidation sites excluding steroid dienone is 22. The molecule has 0 aliphatic rings. The quantitative estimate of drug-likeness (QED) is 0.0169. The maximum absolute atomic E-state index is 13.1. The van der Waals surface area contributed by atoms with Crippen molar-refractivity contribution in [3.05, 3.63) is 134 Å². The Kier molecular flexibility index (Phi) is 72.9. The predicted octanol–water partition coefficient (Wildman–Crippen LogP) is 23.7. The standard InChI is InChI=1S/C85H144O17P2/c1-5-9-13-17-21-25-29-33-36-38-39-41-43-47-50-54-58-62-66-70-83(88)96-76-81(102-85(90)72-68-64-60-56-52-48-44-40-37-34-30-26-22-18-14-10-6-2)78-100-104(93,94)98-74-79(86)73-97-103(91,92)99-77-80(101-84(89)71-67-63-59-55-51-45-32-28-24-20-16-12-8-4)75-95-82(87)69-65-61-57-53-49-46-42-35-31-27-23-19-15-11-7-3/h9-10,13-14,16,20-22,25-26,28,32-37,39,41-42,44,48,79-81,86H,5-8,11-12,15,17-19,23-24,27,29-31,38,40,43,45-47,49-78H2,1-4H3,(H,91,92)(H,93,94)/b13-9-,14-10-,20-16-,25-21-,26-22-,32-28-,36-33-,37-34-,41-39-,42-35-,48-44-. The van der Waals surface area contributed by atoms with E-state index in [0.29, 0.717) is 25.7 Å². The Morgan fingerprint density at radius 3 is 0.817 bits per heavy atom. The first-order valence-corrected chi connectivity index (χ1v) is 43.4. The number of rotatable bonds is 75. The van der Waals surface area contributed by atoms with Gasteiger partial charge >= 0.3 is 39.5 Å². The molecule has 0 aliphatic carbocycles. The first-order valence-electron chi connectivity index (χ1n) is 40.4. The third kappa shape index (κ3) is 75.4. The second-order valence-electron chi connectivity index (χ2n) is 26.6. The molecule has 0 aromatic carbocycles. The van der Waals surface area contributed by atoms with Crippen molar-refractivity contribution >= 4 is 39.5 Å². The molecule has 0 amide bonds. The van der Waals surface area contributed by atoms with Crippen molar-refractivity contribution in [1.82, 2.24) is 0 Å². The van der Waals surface area contributed by atoms with Gasteiger partial charge in [-0.05, 0) is 154 Å². The summed E-state index contributed by atoms with van der Waals surface area (Å²) >= 11 is 0. The topological polar surface area (TPSA) is 237 Å². The van der Waals surface area contributed by atoms with Crippen LogP contribution in [0.1, 0.15) is 323 Å². The first-order chi connectivity index (χ1) is 50.7. The van der Waals surface area contributed by atoms with Crippen molar-refractivity contribution in [2.75, 3.05) is 39.6 Å². The molecule has 0 fully saturated rings. The minimum Gasteiger partial charge on any atom is -0.462 e. The van der Waals surface area contributed by atoms with Crippen LogP contribution in [0.25, 0.3) is 0 Å². The Labute approximate surface area is 631 Å². The highest BCUT2D eigenvalue weighted by atomic mass is 31.2. The molecule has 0 heterocycles. The van der Waals surface area contributed by atoms with E-state index in [1.807, 2.05) is 0 Å². The smallest absolute Gasteiger partial charge is 0.462 e. The van der Waals surface area contributed by atoms with Crippen LogP contribution in [0.4, 0.5) is 0 Å². The van der Waals surface area contributed by atoms with Crippen molar-refractivity contribution in [3.63, 3.8) is 0 Å². The monoisotopic (exact) mass is 1500 g/mol. The Morgan fingerprint density at radius 2 is 0.519 bits per heavy atom. The third-order valence-corrected chi connectivity index (χ3v) is 18.5. The first kappa shape index (κ1) is 99.2. The fraction of sp³-hybridized carbons (Fsp3) is 0.694. The van der Waals surface area contributed by atoms with Crippen LogP contribution in [0.2, 0.25) is 0 Å². The van der Waals surface area contributed by atoms with Crippen molar-refractivity contribution < 1.29 is 80.2 Å². The molecular formula is C85H144O17P2. The van der Waals surface area contributed by atoms with E-state index >= 15 is 0 Å². The van der Waals surface area contributed by atoms with Gasteiger partial charge in [0.15, 0.2) is 12.2 Å². The summed E-state index contributed by atoms with van der Waals surface area (Å²) in [5.74, 6) is -2.24. The molecule has 0 saturated carbocycles. The summed E-state index contributed by atoms with van der Waals surface area (Å²) in [6.45, 7) is 4.53. The van der Waals surface area contributed by atoms with Gasteiger partial charge in [-0.25, -0.2) is 9.13 Å². The summed E-state index contributed by atoms with van der Waals surface area (Å²) < 4.78 is 68.6. The summed E-state index contributed by atoms with van der Waals surface area (Å²) in [6, 6.07) is 0. The number of hydrogen-bond acceptors (Lipinski definition) is 15. The zero-order valence-electron chi connectivity index (χ0n) is 65.2. The summed E-state index contributed by atoms with van der Waals surface area (Å²) in [6.07, 6.45) is 85.7. The number of carbonyl (C=O) groups excluding carboxylic acids is 4. The number of ether oxygens (including phenoxy) is 4. The number of hydrogen-bond donors (Lipinski definition) is 3. The molecule has 596 valence electrons. The van der Waals surface area contributed by atoms with Gasteiger partial charge in [0.2, 0.25) is 0 Å². The molecule has 0 aromatic rings. The molecule has 0 aromatic heterocycles. The average Bonchev–Trinajstić information content (AvgIpc) is 0.911. The summed E-state index contributed by atoms with van der Waals surface area (Å²) in [7, 11) is -9.98. The van der Waals surface area contributed by atoms with Crippen molar-refractivity contribution in [1.29, 1.82) is 0 Å². The summed E-state index contributed by atoms with van der Waals surface area (Å²) in [5, 5.41) is 10.6. The molecule has 0 spiro atoms. The minimum absolute atomic E-state index is 0.0598. The van der Waals surface area contributed by atoms with Crippen molar-refractivity contribution in [2.24, 2.45) is 0 Å². The largest absolute Gasteiger partial charge is 0.472 e. The van der Waals surface area contributed by atoms with Crippen LogP contribution in [0.15, 0.2) is 134 Å². The lowest BCUT2D eigenvalue weighted by Crippen LogP contribution is -2.30. The van der Waals surface area contributed by atoms with E-state index in [0.717, 1.165) is 205 Å². The van der Waals surface area contributed by atoms with E-state index in [9.17, 15) is 43.2 Å². The number of unbranched alkanes of at least 4 members (excludes halogenated alkanes) is 27. The molecule has 19 heteroatoms. The number of phosphoric acid groups is 2. The van der Waals surface area contributed by atoms with Crippen molar-refractivity contribution in [2.45, 2.75) is 341 Å². The normalized spacial score (nSPS) is 14.6. The maximum Gasteiger partial charge on any atom is 0.472 e. The highest BCUT2D eigenvalue weighted by Crippen LogP contribution is 2.45. The number of carbonyl (C=O) groups is 4. The Balaban J connectivity index is 5.40. The van der Waals surface area contributed by atoms with Crippen LogP contribution in [0.3, 0.4) is 0 Å². The SMILES string of the molecule is CC/C=C\C/C=C\C/C=C\C/C=C\CCCCCCCCC(=O)OCC(COP(=O)(O)OCC(O)COP(=O)(O)OCC(COC(=O)CCCCCCC/C=C\CCCCCCCC)OC(=O)CCCCCCC/C=C\C/C=C\CCC)OC(=O)CCCCCC/C=C\C/C=C\C/C=C\C/C=C\CC. The molecule has 0 saturated heterocycles. The van der Waals surface area contributed by atoms with Crippen LogP contribution in [0.5, 0.6) is 0 Å². The van der Waals surface area contributed by atoms with Crippen LogP contribution >= 0.6 is 15.6 Å². The molecule has 5 atom stereocenters. The Hall–Kier alpha value is -4.80. The molecular weight excluding hydrogens is 1350 g/mol. The number of phosphoric ester groups is 2. The molecule has 3 N–H and O–H groups in total. The lowest BCUT2D eigenvalue weighted by atomic mass is 10.1. The predicted molar refractivity (Wildman–Crippen MR) is 427 cm³/mol. The van der Waals surface area contributed by atoms with E-state index in [-0.39, 0.29) is 25.7 Å². The molecule has 5 unspecified atom stereocenters.